The Morgan fingerprint density at radius 2 is 1.78 bits per heavy atom. The minimum atomic E-state index is -2.88. The topological polar surface area (TPSA) is 89.8 Å². The first-order valence-electron chi connectivity index (χ1n) is 15.9. The van der Waals surface area contributed by atoms with Crippen LogP contribution in [-0.4, -0.2) is 74.8 Å². The van der Waals surface area contributed by atoms with E-state index in [9.17, 15) is 18.4 Å². The molecular weight excluding hydrogens is 580 g/mol. The molecule has 4 saturated heterocycles. The molecule has 4 fully saturated rings. The molecule has 0 saturated carbocycles. The number of carbonyl (C=O) groups excluding carboxylic acids is 2. The summed E-state index contributed by atoms with van der Waals surface area (Å²) in [5, 5.41) is 8.73. The molecule has 7 rings (SSSR count). The summed E-state index contributed by atoms with van der Waals surface area (Å²) in [6.07, 6.45) is 11.2. The van der Waals surface area contributed by atoms with Gasteiger partial charge in [-0.15, -0.1) is 5.10 Å². The molecule has 2 aromatic carbocycles. The van der Waals surface area contributed by atoms with Gasteiger partial charge in [0.1, 0.15) is 23.8 Å². The zero-order chi connectivity index (χ0) is 30.9. The molecule has 236 valence electrons. The monoisotopic (exact) mass is 617 g/mol. The Morgan fingerprint density at radius 1 is 1.02 bits per heavy atom. The third-order valence-electron chi connectivity index (χ3n) is 9.91. The number of allylic oxidation sites excluding steroid dienone is 1. The first kappa shape index (κ1) is 29.6. The van der Waals surface area contributed by atoms with Gasteiger partial charge in [-0.3, -0.25) is 14.5 Å². The number of nitrogens with zero attached hydrogens (tertiary/aromatic N) is 5. The molecule has 4 aliphatic heterocycles. The Labute approximate surface area is 260 Å². The summed E-state index contributed by atoms with van der Waals surface area (Å²) in [6, 6.07) is 13.8. The van der Waals surface area contributed by atoms with E-state index in [4.69, 9.17) is 4.74 Å². The normalized spacial score (nSPS) is 26.5. The smallest absolute Gasteiger partial charge is 0.387 e. The van der Waals surface area contributed by atoms with Crippen molar-refractivity contribution in [2.75, 3.05) is 19.6 Å². The maximum Gasteiger partial charge on any atom is 0.387 e. The fourth-order valence-electron chi connectivity index (χ4n) is 7.93. The number of halogens is 2. The Balaban J connectivity index is 0.934. The Kier molecular flexibility index (Phi) is 8.35. The van der Waals surface area contributed by atoms with Gasteiger partial charge in [-0.1, -0.05) is 23.4 Å². The number of piperidine rings is 4. The van der Waals surface area contributed by atoms with Gasteiger partial charge in [0.15, 0.2) is 5.78 Å². The molecule has 0 N–H and O–H groups in total. The Morgan fingerprint density at radius 3 is 2.56 bits per heavy atom. The van der Waals surface area contributed by atoms with Gasteiger partial charge >= 0.3 is 6.61 Å². The van der Waals surface area contributed by atoms with Gasteiger partial charge in [-0.25, -0.2) is 4.68 Å². The number of alkyl halides is 2. The van der Waals surface area contributed by atoms with Crippen LogP contribution in [0.2, 0.25) is 0 Å². The highest BCUT2D eigenvalue weighted by atomic mass is 19.3. The van der Waals surface area contributed by atoms with Crippen molar-refractivity contribution < 1.29 is 27.8 Å². The molecule has 0 unspecified atom stereocenters. The number of ether oxygens (including phenoxy) is 2. The van der Waals surface area contributed by atoms with Crippen molar-refractivity contribution in [3.8, 4) is 11.5 Å². The number of rotatable bonds is 9. The predicted octanol–water partition coefficient (Wildman–Crippen LogP) is 5.39. The SMILES string of the molecule is O=C(/C=C/c1ccc(OC(F)F)cc1)c1ccc(OCc2cn([C@H]3CC(=O)N4C[C@@H]5CCCN6CCC[C@@H]([C@H]56)[C@H]4C3)nn2)cc1. The summed E-state index contributed by atoms with van der Waals surface area (Å²) in [5.41, 5.74) is 1.85. The minimum Gasteiger partial charge on any atom is -0.487 e. The number of amides is 1. The van der Waals surface area contributed by atoms with Crippen LogP contribution in [0.5, 0.6) is 11.5 Å². The van der Waals surface area contributed by atoms with E-state index in [1.807, 2.05) is 10.9 Å². The van der Waals surface area contributed by atoms with Crippen molar-refractivity contribution in [3.05, 3.63) is 77.6 Å². The van der Waals surface area contributed by atoms with E-state index in [1.165, 1.54) is 57.0 Å². The molecule has 0 radical (unpaired) electrons. The van der Waals surface area contributed by atoms with E-state index in [0.29, 0.717) is 46.9 Å². The van der Waals surface area contributed by atoms with Gasteiger partial charge in [0.05, 0.1) is 12.2 Å². The third-order valence-corrected chi connectivity index (χ3v) is 9.91. The van der Waals surface area contributed by atoms with E-state index in [1.54, 1.807) is 42.5 Å². The average molecular weight is 618 g/mol. The first-order chi connectivity index (χ1) is 21.9. The summed E-state index contributed by atoms with van der Waals surface area (Å²) < 4.78 is 36.8. The highest BCUT2D eigenvalue weighted by Gasteiger charge is 2.52. The van der Waals surface area contributed by atoms with Crippen molar-refractivity contribution in [2.24, 2.45) is 11.8 Å². The molecule has 9 nitrogen and oxygen atoms in total. The number of aromatic nitrogens is 3. The second-order valence-corrected chi connectivity index (χ2v) is 12.6. The van der Waals surface area contributed by atoms with Gasteiger partial charge in [-0.2, -0.15) is 8.78 Å². The van der Waals surface area contributed by atoms with Gasteiger partial charge < -0.3 is 14.4 Å². The molecule has 0 spiro atoms. The van der Waals surface area contributed by atoms with Gasteiger partial charge in [0, 0.05) is 30.6 Å². The van der Waals surface area contributed by atoms with E-state index < -0.39 is 6.61 Å². The quantitative estimate of drug-likeness (QED) is 0.235. The summed E-state index contributed by atoms with van der Waals surface area (Å²) in [4.78, 5) is 30.9. The number of hydrogen-bond acceptors (Lipinski definition) is 7. The zero-order valence-corrected chi connectivity index (χ0v) is 25.0. The lowest BCUT2D eigenvalue weighted by Gasteiger charge is -2.59. The largest absolute Gasteiger partial charge is 0.487 e. The molecule has 3 aromatic rings. The number of carbonyl (C=O) groups is 2. The summed E-state index contributed by atoms with van der Waals surface area (Å²) in [6.45, 7) is 0.638. The molecule has 0 bridgehead atoms. The van der Waals surface area contributed by atoms with Gasteiger partial charge in [-0.05, 0) is 105 Å². The molecule has 4 aliphatic rings. The highest BCUT2D eigenvalue weighted by molar-refractivity contribution is 6.06. The van der Waals surface area contributed by atoms with E-state index in [-0.39, 0.29) is 36.1 Å². The van der Waals surface area contributed by atoms with Crippen molar-refractivity contribution in [1.82, 2.24) is 24.8 Å². The van der Waals surface area contributed by atoms with Gasteiger partial charge in [0.2, 0.25) is 5.91 Å². The second-order valence-electron chi connectivity index (χ2n) is 12.6. The zero-order valence-electron chi connectivity index (χ0n) is 25.0. The van der Waals surface area contributed by atoms with Crippen molar-refractivity contribution >= 4 is 17.8 Å². The summed E-state index contributed by atoms with van der Waals surface area (Å²) >= 11 is 0. The van der Waals surface area contributed by atoms with Crippen LogP contribution in [0.3, 0.4) is 0 Å². The van der Waals surface area contributed by atoms with E-state index in [2.05, 4.69) is 24.8 Å². The fraction of sp³-hybridized carbons (Fsp3) is 0.471. The van der Waals surface area contributed by atoms with E-state index in [0.717, 1.165) is 13.0 Å². The standard InChI is InChI=1S/C34H37F2N5O4/c35-34(36)45-28-10-5-22(6-11-28)7-14-31(42)23-8-12-27(13-9-23)44-21-25-20-41(38-37-25)26-17-30-29-4-2-16-39-15-1-3-24(33(29)39)19-40(30)32(43)18-26/h5-14,20,24,26,29-30,33-34H,1-4,15-19,21H2/b14-7+/t24-,26+,29+,30+,33-/m0/s1. The molecule has 11 heteroatoms. The molecule has 1 amide bonds. The third kappa shape index (κ3) is 6.36. The fourth-order valence-corrected chi connectivity index (χ4v) is 7.93. The van der Waals surface area contributed by atoms with Crippen LogP contribution in [0.1, 0.15) is 66.2 Å². The molecule has 0 aliphatic carbocycles. The van der Waals surface area contributed by atoms with Crippen LogP contribution < -0.4 is 9.47 Å². The van der Waals surface area contributed by atoms with Crippen LogP contribution in [0.15, 0.2) is 60.8 Å². The molecular formula is C34H37F2N5O4. The lowest BCUT2D eigenvalue weighted by Crippen LogP contribution is -2.67. The number of ketones is 1. The average Bonchev–Trinajstić information content (AvgIpc) is 3.53. The molecule has 1 aromatic heterocycles. The predicted molar refractivity (Wildman–Crippen MR) is 162 cm³/mol. The highest BCUT2D eigenvalue weighted by Crippen LogP contribution is 2.46. The van der Waals surface area contributed by atoms with Crippen LogP contribution in [0, 0.1) is 11.8 Å². The Hall–Kier alpha value is -4.12. The molecule has 5 heterocycles. The van der Waals surface area contributed by atoms with Crippen LogP contribution >= 0.6 is 0 Å². The lowest BCUT2D eigenvalue weighted by molar-refractivity contribution is -0.153. The summed E-state index contributed by atoms with van der Waals surface area (Å²) in [5.74, 6) is 1.85. The lowest BCUT2D eigenvalue weighted by atomic mass is 9.67. The maximum absolute atomic E-state index is 13.4. The summed E-state index contributed by atoms with van der Waals surface area (Å²) in [7, 11) is 0. The molecule has 5 atom stereocenters. The maximum atomic E-state index is 13.4. The Bertz CT molecular complexity index is 1540. The van der Waals surface area contributed by atoms with Crippen molar-refractivity contribution in [2.45, 2.75) is 69.9 Å². The second kappa shape index (κ2) is 12.7. The number of benzene rings is 2. The number of fused-ring (bicyclic) bond motifs is 2. The van der Waals surface area contributed by atoms with Crippen molar-refractivity contribution in [1.29, 1.82) is 0 Å². The number of hydrogen-bond donors (Lipinski definition) is 0. The van der Waals surface area contributed by atoms with Crippen LogP contribution in [-0.2, 0) is 11.4 Å². The van der Waals surface area contributed by atoms with Crippen molar-refractivity contribution in [3.63, 3.8) is 0 Å². The first-order valence-corrected chi connectivity index (χ1v) is 15.9. The van der Waals surface area contributed by atoms with Crippen LogP contribution in [0.25, 0.3) is 6.08 Å². The van der Waals surface area contributed by atoms with Crippen LogP contribution in [0.4, 0.5) is 8.78 Å². The molecule has 45 heavy (non-hydrogen) atoms. The van der Waals surface area contributed by atoms with E-state index >= 15 is 0 Å². The minimum absolute atomic E-state index is 0.00206. The van der Waals surface area contributed by atoms with Gasteiger partial charge in [0.25, 0.3) is 0 Å².